The molecule has 18 heavy (non-hydrogen) atoms. The highest BCUT2D eigenvalue weighted by atomic mass is 19.1. The normalized spacial score (nSPS) is 10.2. The fourth-order valence-corrected chi connectivity index (χ4v) is 1.74. The molecule has 94 valence electrons. The van der Waals surface area contributed by atoms with Gasteiger partial charge in [0.1, 0.15) is 6.61 Å². The summed E-state index contributed by atoms with van der Waals surface area (Å²) in [6.07, 6.45) is 0. The van der Waals surface area contributed by atoms with Crippen molar-refractivity contribution in [2.75, 3.05) is 12.4 Å². The zero-order valence-corrected chi connectivity index (χ0v) is 10.4. The van der Waals surface area contributed by atoms with Gasteiger partial charge < -0.3 is 10.1 Å². The molecule has 4 heteroatoms. The third kappa shape index (κ3) is 2.77. The summed E-state index contributed by atoms with van der Waals surface area (Å²) < 4.78 is 18.4. The van der Waals surface area contributed by atoms with Gasteiger partial charge in [-0.3, -0.25) is 0 Å². The van der Waals surface area contributed by atoms with Crippen LogP contribution < -0.4 is 10.1 Å². The summed E-state index contributed by atoms with van der Waals surface area (Å²) in [6.45, 7) is 2.37. The lowest BCUT2D eigenvalue weighted by atomic mass is 10.1. The maximum absolute atomic E-state index is 12.9. The average molecular weight is 246 g/mol. The van der Waals surface area contributed by atoms with Gasteiger partial charge in [-0.25, -0.2) is 0 Å². The van der Waals surface area contributed by atoms with E-state index in [2.05, 4.69) is 10.3 Å². The molecule has 0 fully saturated rings. The zero-order valence-electron chi connectivity index (χ0n) is 10.4. The maximum atomic E-state index is 12.9. The van der Waals surface area contributed by atoms with Gasteiger partial charge in [0.2, 0.25) is 11.8 Å². The van der Waals surface area contributed by atoms with Crippen LogP contribution in [-0.2, 0) is 6.61 Å². The SMILES string of the molecule is CNc1cccc(C)c1COc1cccc(F)n1. The second-order valence-corrected chi connectivity index (χ2v) is 3.94. The van der Waals surface area contributed by atoms with Crippen LogP contribution in [0.1, 0.15) is 11.1 Å². The predicted octanol–water partition coefficient (Wildman–Crippen LogP) is 3.15. The van der Waals surface area contributed by atoms with Gasteiger partial charge >= 0.3 is 0 Å². The van der Waals surface area contributed by atoms with Crippen molar-refractivity contribution in [1.82, 2.24) is 4.98 Å². The number of anilines is 1. The molecule has 0 radical (unpaired) electrons. The van der Waals surface area contributed by atoms with Gasteiger partial charge in [-0.05, 0) is 24.6 Å². The van der Waals surface area contributed by atoms with E-state index in [-0.39, 0.29) is 0 Å². The molecule has 0 saturated heterocycles. The molecule has 2 rings (SSSR count). The van der Waals surface area contributed by atoms with E-state index in [0.717, 1.165) is 16.8 Å². The van der Waals surface area contributed by atoms with Gasteiger partial charge in [0, 0.05) is 24.4 Å². The van der Waals surface area contributed by atoms with E-state index < -0.39 is 5.95 Å². The van der Waals surface area contributed by atoms with Gasteiger partial charge in [-0.15, -0.1) is 0 Å². The monoisotopic (exact) mass is 246 g/mol. The molecule has 0 saturated carbocycles. The molecule has 0 aliphatic rings. The standard InChI is InChI=1S/C14H15FN2O/c1-10-5-3-6-12(16-2)11(10)9-18-14-8-4-7-13(15)17-14/h3-8,16H,9H2,1-2H3. The second kappa shape index (κ2) is 5.49. The highest BCUT2D eigenvalue weighted by Gasteiger charge is 2.06. The smallest absolute Gasteiger partial charge is 0.216 e. The fourth-order valence-electron chi connectivity index (χ4n) is 1.74. The minimum atomic E-state index is -0.536. The lowest BCUT2D eigenvalue weighted by molar-refractivity contribution is 0.289. The van der Waals surface area contributed by atoms with Crippen LogP contribution in [0.3, 0.4) is 0 Å². The van der Waals surface area contributed by atoms with Gasteiger partial charge in [0.15, 0.2) is 0 Å². The first-order chi connectivity index (χ1) is 8.70. The lowest BCUT2D eigenvalue weighted by Crippen LogP contribution is -2.04. The highest BCUT2D eigenvalue weighted by molar-refractivity contribution is 5.53. The Bertz CT molecular complexity index is 543. The van der Waals surface area contributed by atoms with Crippen molar-refractivity contribution < 1.29 is 9.13 Å². The van der Waals surface area contributed by atoms with E-state index in [1.54, 1.807) is 12.1 Å². The maximum Gasteiger partial charge on any atom is 0.216 e. The molecule has 1 aromatic heterocycles. The van der Waals surface area contributed by atoms with Crippen LogP contribution in [0, 0.1) is 12.9 Å². The van der Waals surface area contributed by atoms with Crippen LogP contribution in [-0.4, -0.2) is 12.0 Å². The largest absolute Gasteiger partial charge is 0.473 e. The Morgan fingerprint density at radius 1 is 1.22 bits per heavy atom. The number of aryl methyl sites for hydroxylation is 1. The van der Waals surface area contributed by atoms with Gasteiger partial charge in [-0.2, -0.15) is 9.37 Å². The van der Waals surface area contributed by atoms with Gasteiger partial charge in [0.25, 0.3) is 0 Å². The predicted molar refractivity (Wildman–Crippen MR) is 69.3 cm³/mol. The van der Waals surface area contributed by atoms with Crippen molar-refractivity contribution >= 4 is 5.69 Å². The Labute approximate surface area is 106 Å². The quantitative estimate of drug-likeness (QED) is 0.841. The first-order valence-corrected chi connectivity index (χ1v) is 5.72. The van der Waals surface area contributed by atoms with Gasteiger partial charge in [-0.1, -0.05) is 18.2 Å². The van der Waals surface area contributed by atoms with E-state index in [1.165, 1.54) is 6.07 Å². The molecule has 1 N–H and O–H groups in total. The Balaban J connectivity index is 2.15. The molecule has 3 nitrogen and oxygen atoms in total. The number of pyridine rings is 1. The first-order valence-electron chi connectivity index (χ1n) is 5.72. The van der Waals surface area contributed by atoms with Crippen LogP contribution in [0.5, 0.6) is 5.88 Å². The van der Waals surface area contributed by atoms with E-state index in [1.807, 2.05) is 32.2 Å². The number of ether oxygens (including phenoxy) is 1. The number of hydrogen-bond acceptors (Lipinski definition) is 3. The Morgan fingerprint density at radius 2 is 2.00 bits per heavy atom. The van der Waals surface area contributed by atoms with Crippen LogP contribution in [0.15, 0.2) is 36.4 Å². The first kappa shape index (κ1) is 12.4. The molecule has 0 aliphatic heterocycles. The molecule has 0 unspecified atom stereocenters. The van der Waals surface area contributed by atoms with E-state index in [9.17, 15) is 4.39 Å². The number of nitrogens with zero attached hydrogens (tertiary/aromatic N) is 1. The summed E-state index contributed by atoms with van der Waals surface area (Å²) in [6, 6.07) is 10.5. The van der Waals surface area contributed by atoms with E-state index >= 15 is 0 Å². The third-order valence-electron chi connectivity index (χ3n) is 2.73. The van der Waals surface area contributed by atoms with Crippen LogP contribution in [0.25, 0.3) is 0 Å². The molecule has 0 atom stereocenters. The minimum absolute atomic E-state index is 0.292. The summed E-state index contributed by atoms with van der Waals surface area (Å²) in [5.74, 6) is -0.244. The molecular formula is C14H15FN2O. The van der Waals surface area contributed by atoms with Crippen molar-refractivity contribution in [3.05, 3.63) is 53.5 Å². The minimum Gasteiger partial charge on any atom is -0.473 e. The number of benzene rings is 1. The Kier molecular flexibility index (Phi) is 3.77. The summed E-state index contributed by atoms with van der Waals surface area (Å²) >= 11 is 0. The fraction of sp³-hybridized carbons (Fsp3) is 0.214. The number of aromatic nitrogens is 1. The van der Waals surface area contributed by atoms with Crippen LogP contribution in [0.4, 0.5) is 10.1 Å². The summed E-state index contributed by atoms with van der Waals surface area (Å²) in [5.41, 5.74) is 3.18. The third-order valence-corrected chi connectivity index (χ3v) is 2.73. The average Bonchev–Trinajstić information content (AvgIpc) is 2.37. The number of rotatable bonds is 4. The molecule has 0 aliphatic carbocycles. The van der Waals surface area contributed by atoms with Crippen molar-refractivity contribution in [2.45, 2.75) is 13.5 Å². The zero-order chi connectivity index (χ0) is 13.0. The second-order valence-electron chi connectivity index (χ2n) is 3.94. The lowest BCUT2D eigenvalue weighted by Gasteiger charge is -2.12. The highest BCUT2D eigenvalue weighted by Crippen LogP contribution is 2.21. The van der Waals surface area contributed by atoms with E-state index in [4.69, 9.17) is 4.74 Å². The molecule has 1 aromatic carbocycles. The van der Waals surface area contributed by atoms with E-state index in [0.29, 0.717) is 12.5 Å². The molecular weight excluding hydrogens is 231 g/mol. The number of hydrogen-bond donors (Lipinski definition) is 1. The van der Waals surface area contributed by atoms with Crippen LogP contribution in [0.2, 0.25) is 0 Å². The number of nitrogens with one attached hydrogen (secondary N) is 1. The molecule has 0 bridgehead atoms. The molecule has 0 spiro atoms. The van der Waals surface area contributed by atoms with Crippen molar-refractivity contribution in [3.8, 4) is 5.88 Å². The Morgan fingerprint density at radius 3 is 2.72 bits per heavy atom. The van der Waals surface area contributed by atoms with Crippen molar-refractivity contribution in [3.63, 3.8) is 0 Å². The summed E-state index contributed by atoms with van der Waals surface area (Å²) in [7, 11) is 1.86. The summed E-state index contributed by atoms with van der Waals surface area (Å²) in [5, 5.41) is 3.11. The molecule has 0 amide bonds. The molecule has 1 heterocycles. The topological polar surface area (TPSA) is 34.1 Å². The number of halogens is 1. The van der Waals surface area contributed by atoms with Crippen molar-refractivity contribution in [1.29, 1.82) is 0 Å². The summed E-state index contributed by atoms with van der Waals surface area (Å²) in [4.78, 5) is 3.66. The van der Waals surface area contributed by atoms with Crippen molar-refractivity contribution in [2.24, 2.45) is 0 Å². The Hall–Kier alpha value is -2.10. The van der Waals surface area contributed by atoms with Gasteiger partial charge in [0.05, 0.1) is 0 Å². The van der Waals surface area contributed by atoms with Crippen LogP contribution >= 0.6 is 0 Å². The molecule has 2 aromatic rings.